The van der Waals surface area contributed by atoms with Gasteiger partial charge in [0.1, 0.15) is 5.75 Å². The lowest BCUT2D eigenvalue weighted by molar-refractivity contribution is 0.0924. The van der Waals surface area contributed by atoms with Gasteiger partial charge < -0.3 is 10.1 Å². The van der Waals surface area contributed by atoms with Gasteiger partial charge in [-0.15, -0.1) is 0 Å². The van der Waals surface area contributed by atoms with Gasteiger partial charge in [0.15, 0.2) is 5.11 Å². The topological polar surface area (TPSA) is 87.7 Å². The number of carbonyl (C=O) groups is 3. The summed E-state index contributed by atoms with van der Waals surface area (Å²) >= 11 is 5.31. The molecule has 2 N–H and O–H groups in total. The zero-order valence-corrected chi connectivity index (χ0v) is 19.5. The third-order valence-electron chi connectivity index (χ3n) is 5.08. The van der Waals surface area contributed by atoms with Crippen LogP contribution >= 0.6 is 12.2 Å². The van der Waals surface area contributed by atoms with Crippen molar-refractivity contribution < 1.29 is 19.1 Å². The van der Waals surface area contributed by atoms with Crippen LogP contribution in [0.15, 0.2) is 72.8 Å². The molecule has 7 nitrogen and oxygen atoms in total. The van der Waals surface area contributed by atoms with Gasteiger partial charge >= 0.3 is 0 Å². The number of carbonyl (C=O) groups excluding carboxylic acids is 3. The van der Waals surface area contributed by atoms with Crippen molar-refractivity contribution in [2.75, 3.05) is 16.8 Å². The summed E-state index contributed by atoms with van der Waals surface area (Å²) in [5.74, 6) is -0.352. The van der Waals surface area contributed by atoms with Gasteiger partial charge in [-0.3, -0.25) is 19.7 Å². The summed E-state index contributed by atoms with van der Waals surface area (Å²) in [4.78, 5) is 39.8. The largest absolute Gasteiger partial charge is 0.493 e. The molecular formula is C26H23N3O4S. The molecule has 0 unspecified atom stereocenters. The zero-order chi connectivity index (χ0) is 24.2. The van der Waals surface area contributed by atoms with Gasteiger partial charge in [-0.1, -0.05) is 44.2 Å². The number of nitrogens with zero attached hydrogens (tertiary/aromatic N) is 1. The molecule has 1 aliphatic rings. The number of hydrogen-bond acceptors (Lipinski definition) is 5. The molecule has 0 saturated carbocycles. The number of imide groups is 1. The second-order valence-corrected chi connectivity index (χ2v) is 8.56. The molecule has 0 saturated heterocycles. The highest BCUT2D eigenvalue weighted by molar-refractivity contribution is 7.80. The molecule has 0 aliphatic carbocycles. The monoisotopic (exact) mass is 473 g/mol. The van der Waals surface area contributed by atoms with Gasteiger partial charge in [-0.25, -0.2) is 4.90 Å². The maximum atomic E-state index is 13.1. The summed E-state index contributed by atoms with van der Waals surface area (Å²) in [6.07, 6.45) is 0. The van der Waals surface area contributed by atoms with Crippen molar-refractivity contribution in [2.45, 2.75) is 13.8 Å². The van der Waals surface area contributed by atoms with E-state index in [2.05, 4.69) is 10.6 Å². The van der Waals surface area contributed by atoms with E-state index in [1.807, 2.05) is 19.9 Å². The molecule has 4 rings (SSSR count). The molecule has 34 heavy (non-hydrogen) atoms. The Morgan fingerprint density at radius 2 is 1.71 bits per heavy atom. The first-order chi connectivity index (χ1) is 16.3. The Morgan fingerprint density at radius 1 is 0.971 bits per heavy atom. The molecule has 1 aliphatic heterocycles. The molecule has 0 fully saturated rings. The van der Waals surface area contributed by atoms with Crippen LogP contribution in [0.3, 0.4) is 0 Å². The van der Waals surface area contributed by atoms with Crippen LogP contribution in [0.2, 0.25) is 0 Å². The molecule has 3 aromatic rings. The van der Waals surface area contributed by atoms with Gasteiger partial charge in [-0.2, -0.15) is 0 Å². The molecule has 0 atom stereocenters. The number of thiocarbonyl (C=S) groups is 1. The van der Waals surface area contributed by atoms with E-state index in [0.29, 0.717) is 35.2 Å². The molecule has 1 heterocycles. The fraction of sp³-hybridized carbons (Fsp3) is 0.154. The molecule has 172 valence electrons. The van der Waals surface area contributed by atoms with Gasteiger partial charge in [-0.05, 0) is 60.6 Å². The SMILES string of the molecule is CC(C)COc1cccc(C(=O)NC(=S)Nc2cccc3c2C(=O)N(c2ccccc2)C3=O)c1. The standard InChI is InChI=1S/C26H23N3O4S/c1-16(2)15-33-19-11-6-8-17(14-19)23(30)28-26(34)27-21-13-7-12-20-22(21)25(32)29(24(20)31)18-9-4-3-5-10-18/h3-14,16H,15H2,1-2H3,(H2,27,28,30,34). The van der Waals surface area contributed by atoms with E-state index in [-0.39, 0.29) is 16.2 Å². The number of para-hydroxylation sites is 1. The third kappa shape index (κ3) is 4.82. The fourth-order valence-corrected chi connectivity index (χ4v) is 3.72. The number of hydrogen-bond donors (Lipinski definition) is 2. The second-order valence-electron chi connectivity index (χ2n) is 8.15. The highest BCUT2D eigenvalue weighted by atomic mass is 32.1. The van der Waals surface area contributed by atoms with Crippen molar-refractivity contribution >= 4 is 46.4 Å². The van der Waals surface area contributed by atoms with E-state index in [4.69, 9.17) is 17.0 Å². The number of benzene rings is 3. The fourth-order valence-electron chi connectivity index (χ4n) is 3.52. The van der Waals surface area contributed by atoms with Crippen LogP contribution in [0.5, 0.6) is 5.75 Å². The Morgan fingerprint density at radius 3 is 2.44 bits per heavy atom. The highest BCUT2D eigenvalue weighted by Crippen LogP contribution is 2.32. The second kappa shape index (κ2) is 9.84. The minimum absolute atomic E-state index is 0.00492. The molecular weight excluding hydrogens is 450 g/mol. The maximum absolute atomic E-state index is 13.1. The number of nitrogens with one attached hydrogen (secondary N) is 2. The van der Waals surface area contributed by atoms with Crippen LogP contribution in [-0.4, -0.2) is 29.4 Å². The summed E-state index contributed by atoms with van der Waals surface area (Å²) in [5.41, 5.74) is 1.67. The predicted molar refractivity (Wildman–Crippen MR) is 134 cm³/mol. The van der Waals surface area contributed by atoms with E-state index >= 15 is 0 Å². The molecule has 0 aromatic heterocycles. The molecule has 0 bridgehead atoms. The highest BCUT2D eigenvalue weighted by Gasteiger charge is 2.38. The maximum Gasteiger partial charge on any atom is 0.268 e. The van der Waals surface area contributed by atoms with Gasteiger partial charge in [0.25, 0.3) is 17.7 Å². The van der Waals surface area contributed by atoms with E-state index in [0.717, 1.165) is 4.90 Å². The van der Waals surface area contributed by atoms with Gasteiger partial charge in [0, 0.05) is 5.56 Å². The zero-order valence-electron chi connectivity index (χ0n) is 18.7. The summed E-state index contributed by atoms with van der Waals surface area (Å²) in [5, 5.41) is 5.51. The smallest absolute Gasteiger partial charge is 0.268 e. The summed E-state index contributed by atoms with van der Waals surface area (Å²) in [6, 6.07) is 20.4. The number of fused-ring (bicyclic) bond motifs is 1. The average Bonchev–Trinajstić information content (AvgIpc) is 3.09. The normalized spacial score (nSPS) is 12.5. The Kier molecular flexibility index (Phi) is 6.70. The summed E-state index contributed by atoms with van der Waals surface area (Å²) in [7, 11) is 0. The summed E-state index contributed by atoms with van der Waals surface area (Å²) in [6.45, 7) is 4.62. The Bertz CT molecular complexity index is 1270. The van der Waals surface area contributed by atoms with Crippen LogP contribution in [0.25, 0.3) is 0 Å². The molecule has 3 amide bonds. The molecule has 0 radical (unpaired) electrons. The van der Waals surface area contributed by atoms with Crippen LogP contribution in [-0.2, 0) is 0 Å². The number of rotatable bonds is 6. The van der Waals surface area contributed by atoms with Crippen LogP contribution < -0.4 is 20.3 Å². The lowest BCUT2D eigenvalue weighted by atomic mass is 10.1. The van der Waals surface area contributed by atoms with Crippen molar-refractivity contribution in [1.82, 2.24) is 5.32 Å². The first-order valence-electron chi connectivity index (χ1n) is 10.8. The third-order valence-corrected chi connectivity index (χ3v) is 5.29. The Hall–Kier alpha value is -4.04. The average molecular weight is 474 g/mol. The lowest BCUT2D eigenvalue weighted by Crippen LogP contribution is -2.34. The van der Waals surface area contributed by atoms with E-state index in [9.17, 15) is 14.4 Å². The Labute approximate surface area is 202 Å². The number of ether oxygens (including phenoxy) is 1. The molecule has 3 aromatic carbocycles. The van der Waals surface area contributed by atoms with Gasteiger partial charge in [0.05, 0.1) is 29.1 Å². The quantitative estimate of drug-likeness (QED) is 0.400. The molecule has 0 spiro atoms. The van der Waals surface area contributed by atoms with E-state index in [1.165, 1.54) is 0 Å². The van der Waals surface area contributed by atoms with Crippen molar-refractivity contribution in [3.05, 3.63) is 89.5 Å². The van der Waals surface area contributed by atoms with Crippen molar-refractivity contribution in [3.63, 3.8) is 0 Å². The number of anilines is 2. The lowest BCUT2D eigenvalue weighted by Gasteiger charge is -2.14. The Balaban J connectivity index is 1.49. The van der Waals surface area contributed by atoms with Crippen LogP contribution in [0.4, 0.5) is 11.4 Å². The van der Waals surface area contributed by atoms with Gasteiger partial charge in [0.2, 0.25) is 0 Å². The minimum atomic E-state index is -0.460. The predicted octanol–water partition coefficient (Wildman–Crippen LogP) is 4.65. The van der Waals surface area contributed by atoms with E-state index in [1.54, 1.807) is 66.7 Å². The van der Waals surface area contributed by atoms with Crippen molar-refractivity contribution in [2.24, 2.45) is 5.92 Å². The molecule has 8 heteroatoms. The van der Waals surface area contributed by atoms with Crippen LogP contribution in [0.1, 0.15) is 44.9 Å². The van der Waals surface area contributed by atoms with Crippen LogP contribution in [0, 0.1) is 5.92 Å². The summed E-state index contributed by atoms with van der Waals surface area (Å²) < 4.78 is 5.68. The first-order valence-corrected chi connectivity index (χ1v) is 11.2. The van der Waals surface area contributed by atoms with E-state index < -0.39 is 17.7 Å². The number of amides is 3. The minimum Gasteiger partial charge on any atom is -0.493 e. The van der Waals surface area contributed by atoms with Crippen molar-refractivity contribution in [1.29, 1.82) is 0 Å². The first kappa shape index (κ1) is 23.1. The van der Waals surface area contributed by atoms with Crippen molar-refractivity contribution in [3.8, 4) is 5.75 Å².